The van der Waals surface area contributed by atoms with Crippen molar-refractivity contribution in [3.8, 4) is 17.1 Å². The van der Waals surface area contributed by atoms with E-state index in [9.17, 15) is 4.79 Å². The van der Waals surface area contributed by atoms with Crippen molar-refractivity contribution < 1.29 is 4.74 Å². The monoisotopic (exact) mass is 364 g/mol. The second-order valence-corrected chi connectivity index (χ2v) is 6.85. The highest BCUT2D eigenvalue weighted by atomic mass is 16.5. The van der Waals surface area contributed by atoms with Crippen molar-refractivity contribution in [2.24, 2.45) is 0 Å². The molecule has 0 aliphatic heterocycles. The number of aromatic nitrogens is 4. The van der Waals surface area contributed by atoms with Gasteiger partial charge in [-0.05, 0) is 55.5 Å². The third-order valence-corrected chi connectivity index (χ3v) is 5.10. The average Bonchev–Trinajstić information content (AvgIpc) is 3.32. The third-order valence-electron chi connectivity index (χ3n) is 5.10. The molecule has 4 rings (SSSR count). The Balaban J connectivity index is 1.81. The molecule has 0 N–H and O–H groups in total. The zero-order valence-electron chi connectivity index (χ0n) is 15.8. The number of aryl methyl sites for hydroxylation is 3. The zero-order chi connectivity index (χ0) is 18.8. The van der Waals surface area contributed by atoms with Gasteiger partial charge in [0.25, 0.3) is 5.56 Å². The van der Waals surface area contributed by atoms with Gasteiger partial charge in [0.05, 0.1) is 12.3 Å². The van der Waals surface area contributed by atoms with Gasteiger partial charge in [0.1, 0.15) is 0 Å². The summed E-state index contributed by atoms with van der Waals surface area (Å²) < 4.78 is 8.70. The lowest BCUT2D eigenvalue weighted by Crippen LogP contribution is -2.17. The first kappa shape index (κ1) is 17.7. The van der Waals surface area contributed by atoms with Crippen LogP contribution in [0.25, 0.3) is 17.1 Å². The highest BCUT2D eigenvalue weighted by Crippen LogP contribution is 2.26. The summed E-state index contributed by atoms with van der Waals surface area (Å²) in [4.78, 5) is 17.0. The number of hydrogen-bond acceptors (Lipinski definition) is 4. The Kier molecular flexibility index (Phi) is 4.90. The Morgan fingerprint density at radius 3 is 2.78 bits per heavy atom. The zero-order valence-corrected chi connectivity index (χ0v) is 15.8. The van der Waals surface area contributed by atoms with Gasteiger partial charge in [-0.15, -0.1) is 0 Å². The number of nitrogens with zero attached hydrogens (tertiary/aromatic N) is 4. The Bertz CT molecular complexity index is 1020. The number of rotatable bonds is 6. The van der Waals surface area contributed by atoms with Crippen molar-refractivity contribution in [1.29, 1.82) is 0 Å². The predicted molar refractivity (Wildman–Crippen MR) is 104 cm³/mol. The fourth-order valence-electron chi connectivity index (χ4n) is 3.62. The molecule has 2 heterocycles. The quantitative estimate of drug-likeness (QED) is 0.675. The molecule has 0 spiro atoms. The third kappa shape index (κ3) is 3.45. The van der Waals surface area contributed by atoms with E-state index in [4.69, 9.17) is 14.8 Å². The molecule has 0 bridgehead atoms. The van der Waals surface area contributed by atoms with Crippen LogP contribution >= 0.6 is 0 Å². The Morgan fingerprint density at radius 2 is 2.00 bits per heavy atom. The van der Waals surface area contributed by atoms with Gasteiger partial charge in [0, 0.05) is 37.9 Å². The van der Waals surface area contributed by atoms with E-state index in [2.05, 4.69) is 18.2 Å². The topological polar surface area (TPSA) is 61.9 Å². The van der Waals surface area contributed by atoms with Crippen molar-refractivity contribution in [3.63, 3.8) is 0 Å². The van der Waals surface area contributed by atoms with Gasteiger partial charge in [0.15, 0.2) is 11.6 Å². The van der Waals surface area contributed by atoms with Crippen LogP contribution < -0.4 is 5.56 Å². The van der Waals surface area contributed by atoms with Gasteiger partial charge in [-0.2, -0.15) is 5.10 Å². The van der Waals surface area contributed by atoms with Gasteiger partial charge < -0.3 is 9.30 Å². The molecule has 0 saturated carbocycles. The lowest BCUT2D eigenvalue weighted by molar-refractivity contribution is 0.200. The van der Waals surface area contributed by atoms with E-state index < -0.39 is 0 Å². The van der Waals surface area contributed by atoms with E-state index in [1.165, 1.54) is 17.5 Å². The first-order valence-corrected chi connectivity index (χ1v) is 9.47. The van der Waals surface area contributed by atoms with Gasteiger partial charge in [-0.3, -0.25) is 4.79 Å². The molecule has 2 aromatic heterocycles. The molecule has 3 aromatic rings. The maximum Gasteiger partial charge on any atom is 0.251 e. The summed E-state index contributed by atoms with van der Waals surface area (Å²) in [7, 11) is 1.67. The second kappa shape index (κ2) is 7.48. The minimum absolute atomic E-state index is 0.0306. The minimum atomic E-state index is -0.0306. The van der Waals surface area contributed by atoms with Crippen LogP contribution in [0.2, 0.25) is 0 Å². The Morgan fingerprint density at radius 1 is 1.15 bits per heavy atom. The van der Waals surface area contributed by atoms with Crippen LogP contribution in [-0.2, 0) is 30.5 Å². The molecule has 0 amide bonds. The fourth-order valence-corrected chi connectivity index (χ4v) is 3.62. The first-order chi connectivity index (χ1) is 13.2. The van der Waals surface area contributed by atoms with Crippen LogP contribution in [0.5, 0.6) is 0 Å². The summed E-state index contributed by atoms with van der Waals surface area (Å²) in [5.74, 6) is 1.41. The normalized spacial score (nSPS) is 13.1. The molecule has 1 aliphatic carbocycles. The average molecular weight is 364 g/mol. The molecule has 140 valence electrons. The lowest BCUT2D eigenvalue weighted by Gasteiger charge is -2.09. The van der Waals surface area contributed by atoms with E-state index in [-0.39, 0.29) is 5.56 Å². The van der Waals surface area contributed by atoms with Crippen molar-refractivity contribution in [1.82, 2.24) is 19.3 Å². The summed E-state index contributed by atoms with van der Waals surface area (Å²) >= 11 is 0. The van der Waals surface area contributed by atoms with Crippen molar-refractivity contribution >= 4 is 0 Å². The van der Waals surface area contributed by atoms with Crippen molar-refractivity contribution in [2.75, 3.05) is 13.7 Å². The number of fused-ring (bicyclic) bond motifs is 1. The summed E-state index contributed by atoms with van der Waals surface area (Å²) in [6, 6.07) is 10.0. The van der Waals surface area contributed by atoms with Crippen LogP contribution in [0.3, 0.4) is 0 Å². The summed E-state index contributed by atoms with van der Waals surface area (Å²) in [5, 5.41) is 4.71. The lowest BCUT2D eigenvalue weighted by atomic mass is 10.1. The maximum atomic E-state index is 12.3. The molecule has 0 saturated heterocycles. The molecular formula is C21H24N4O2. The standard InChI is InChI=1S/C21H24N4O2/c1-3-24-11-9-17(14-20(24)26)21-22-19(10-12-27-2)23-25(21)18-8-7-15-5-4-6-16(15)13-18/h7-9,11,13-14H,3-6,10,12H2,1-2H3. The van der Waals surface area contributed by atoms with E-state index >= 15 is 0 Å². The molecule has 0 unspecified atom stereocenters. The molecule has 0 fully saturated rings. The minimum Gasteiger partial charge on any atom is -0.384 e. The van der Waals surface area contributed by atoms with Crippen LogP contribution in [-0.4, -0.2) is 33.0 Å². The van der Waals surface area contributed by atoms with E-state index in [1.807, 2.05) is 23.9 Å². The van der Waals surface area contributed by atoms with Crippen LogP contribution in [0, 0.1) is 0 Å². The summed E-state index contributed by atoms with van der Waals surface area (Å²) in [5.41, 5.74) is 4.54. The van der Waals surface area contributed by atoms with Crippen LogP contribution in [0.15, 0.2) is 41.3 Å². The van der Waals surface area contributed by atoms with E-state index in [0.29, 0.717) is 31.2 Å². The second-order valence-electron chi connectivity index (χ2n) is 6.85. The highest BCUT2D eigenvalue weighted by molar-refractivity contribution is 5.58. The number of methoxy groups -OCH3 is 1. The number of ether oxygens (including phenoxy) is 1. The molecule has 6 nitrogen and oxygen atoms in total. The molecule has 0 radical (unpaired) electrons. The van der Waals surface area contributed by atoms with Gasteiger partial charge in [0.2, 0.25) is 0 Å². The number of pyridine rings is 1. The van der Waals surface area contributed by atoms with Crippen LogP contribution in [0.4, 0.5) is 0 Å². The largest absolute Gasteiger partial charge is 0.384 e. The van der Waals surface area contributed by atoms with Gasteiger partial charge >= 0.3 is 0 Å². The number of hydrogen-bond donors (Lipinski definition) is 0. The first-order valence-electron chi connectivity index (χ1n) is 9.47. The summed E-state index contributed by atoms with van der Waals surface area (Å²) in [6.45, 7) is 3.16. The molecule has 6 heteroatoms. The Labute approximate surface area is 158 Å². The SMILES string of the molecule is CCn1ccc(-c2nc(CCOC)nn2-c2ccc3c(c2)CCC3)cc1=O. The van der Waals surface area contributed by atoms with Crippen LogP contribution in [0.1, 0.15) is 30.3 Å². The smallest absolute Gasteiger partial charge is 0.251 e. The predicted octanol–water partition coefficient (Wildman–Crippen LogP) is 2.79. The van der Waals surface area contributed by atoms with Crippen molar-refractivity contribution in [2.45, 2.75) is 39.2 Å². The molecule has 1 aliphatic rings. The molecule has 1 aromatic carbocycles. The maximum absolute atomic E-state index is 12.3. The van der Waals surface area contributed by atoms with Gasteiger partial charge in [-0.1, -0.05) is 6.07 Å². The molecule has 27 heavy (non-hydrogen) atoms. The highest BCUT2D eigenvalue weighted by Gasteiger charge is 2.17. The van der Waals surface area contributed by atoms with E-state index in [1.54, 1.807) is 17.7 Å². The fraction of sp³-hybridized carbons (Fsp3) is 0.381. The van der Waals surface area contributed by atoms with Gasteiger partial charge in [-0.25, -0.2) is 9.67 Å². The Hall–Kier alpha value is -2.73. The van der Waals surface area contributed by atoms with Crippen molar-refractivity contribution in [3.05, 3.63) is 63.8 Å². The number of benzene rings is 1. The molecular weight excluding hydrogens is 340 g/mol. The molecule has 0 atom stereocenters. The summed E-state index contributed by atoms with van der Waals surface area (Å²) in [6.07, 6.45) is 5.91. The van der Waals surface area contributed by atoms with E-state index in [0.717, 1.165) is 24.1 Å².